The van der Waals surface area contributed by atoms with Gasteiger partial charge < -0.3 is 11.1 Å². The third-order valence-corrected chi connectivity index (χ3v) is 4.05. The Labute approximate surface area is 143 Å². The number of aromatic amines is 1. The summed E-state index contributed by atoms with van der Waals surface area (Å²) in [4.78, 5) is 4.37. The number of nitrogens with zero attached hydrogens (tertiary/aromatic N) is 2. The fourth-order valence-corrected chi connectivity index (χ4v) is 2.70. The molecule has 5 nitrogen and oxygen atoms in total. The predicted octanol–water partition coefficient (Wildman–Crippen LogP) is 4.60. The molecule has 0 atom stereocenters. The standard InChI is InChI=1S/C18H14ClN5/c19-13-2-4-14(5-3-13)22-17-10-12(7-8-21-17)11-1-6-16-15(9-11)18(20)24-23-16/h1-10H,(H,21,22)(H3,20,23,24). The molecule has 4 aromatic rings. The zero-order valence-electron chi connectivity index (χ0n) is 12.6. The lowest BCUT2D eigenvalue weighted by Crippen LogP contribution is -1.93. The Hall–Kier alpha value is -3.05. The predicted molar refractivity (Wildman–Crippen MR) is 98.5 cm³/mol. The number of benzene rings is 2. The quantitative estimate of drug-likeness (QED) is 0.511. The number of nitrogens with one attached hydrogen (secondary N) is 2. The molecule has 0 unspecified atom stereocenters. The molecule has 0 aliphatic carbocycles. The van der Waals surface area contributed by atoms with Gasteiger partial charge in [-0.1, -0.05) is 17.7 Å². The lowest BCUT2D eigenvalue weighted by Gasteiger charge is -2.08. The molecule has 6 heteroatoms. The number of nitrogens with two attached hydrogens (primary N) is 1. The van der Waals surface area contributed by atoms with Crippen molar-refractivity contribution in [2.24, 2.45) is 0 Å². The van der Waals surface area contributed by atoms with Crippen molar-refractivity contribution < 1.29 is 0 Å². The zero-order chi connectivity index (χ0) is 16.5. The summed E-state index contributed by atoms with van der Waals surface area (Å²) >= 11 is 5.91. The molecule has 4 rings (SSSR count). The van der Waals surface area contributed by atoms with Crippen molar-refractivity contribution in [3.8, 4) is 11.1 Å². The maximum atomic E-state index is 5.91. The first kappa shape index (κ1) is 14.5. The van der Waals surface area contributed by atoms with Crippen molar-refractivity contribution in [1.82, 2.24) is 15.2 Å². The Kier molecular flexibility index (Phi) is 3.55. The number of rotatable bonds is 3. The zero-order valence-corrected chi connectivity index (χ0v) is 13.4. The Bertz CT molecular complexity index is 1010. The van der Waals surface area contributed by atoms with Crippen LogP contribution in [0.3, 0.4) is 0 Å². The SMILES string of the molecule is Nc1n[nH]c2ccc(-c3ccnc(Nc4ccc(Cl)cc4)c3)cc12. The van der Waals surface area contributed by atoms with Gasteiger partial charge in [0.1, 0.15) is 5.82 Å². The van der Waals surface area contributed by atoms with E-state index in [2.05, 4.69) is 20.5 Å². The summed E-state index contributed by atoms with van der Waals surface area (Å²) in [5, 5.41) is 11.8. The van der Waals surface area contributed by atoms with Gasteiger partial charge in [-0.3, -0.25) is 5.10 Å². The topological polar surface area (TPSA) is 79.6 Å². The van der Waals surface area contributed by atoms with Crippen molar-refractivity contribution in [1.29, 1.82) is 0 Å². The molecule has 0 amide bonds. The number of halogens is 1. The molecule has 24 heavy (non-hydrogen) atoms. The van der Waals surface area contributed by atoms with Gasteiger partial charge in [0.2, 0.25) is 0 Å². The third-order valence-electron chi connectivity index (χ3n) is 3.80. The summed E-state index contributed by atoms with van der Waals surface area (Å²) in [5.74, 6) is 1.26. The van der Waals surface area contributed by atoms with E-state index in [9.17, 15) is 0 Å². The molecule has 0 saturated carbocycles. The second kappa shape index (κ2) is 5.86. The highest BCUT2D eigenvalue weighted by atomic mass is 35.5. The molecule has 0 saturated heterocycles. The van der Waals surface area contributed by atoms with E-state index < -0.39 is 0 Å². The number of hydrogen-bond donors (Lipinski definition) is 3. The molecule has 0 spiro atoms. The Morgan fingerprint density at radius 2 is 1.75 bits per heavy atom. The fourth-order valence-electron chi connectivity index (χ4n) is 2.57. The summed E-state index contributed by atoms with van der Waals surface area (Å²) in [6.07, 6.45) is 1.77. The van der Waals surface area contributed by atoms with Crippen LogP contribution in [0.2, 0.25) is 5.02 Å². The molecule has 2 heterocycles. The number of nitrogen functional groups attached to an aromatic ring is 1. The van der Waals surface area contributed by atoms with Crippen molar-refractivity contribution in [3.05, 3.63) is 65.8 Å². The molecule has 118 valence electrons. The van der Waals surface area contributed by atoms with Crippen LogP contribution in [0.15, 0.2) is 60.8 Å². The van der Waals surface area contributed by atoms with Gasteiger partial charge in [-0.2, -0.15) is 5.10 Å². The van der Waals surface area contributed by atoms with Crippen LogP contribution in [-0.2, 0) is 0 Å². The molecule has 0 bridgehead atoms. The Balaban J connectivity index is 1.68. The summed E-state index contributed by atoms with van der Waals surface area (Å²) < 4.78 is 0. The highest BCUT2D eigenvalue weighted by molar-refractivity contribution is 6.30. The number of aromatic nitrogens is 3. The van der Waals surface area contributed by atoms with Gasteiger partial charge in [0.05, 0.1) is 5.52 Å². The highest BCUT2D eigenvalue weighted by Crippen LogP contribution is 2.28. The largest absolute Gasteiger partial charge is 0.382 e. The molecule has 2 aromatic carbocycles. The van der Waals surface area contributed by atoms with E-state index in [0.717, 1.165) is 33.5 Å². The van der Waals surface area contributed by atoms with Crippen LogP contribution in [0.25, 0.3) is 22.0 Å². The number of hydrogen-bond acceptors (Lipinski definition) is 4. The number of fused-ring (bicyclic) bond motifs is 1. The van der Waals surface area contributed by atoms with E-state index in [0.29, 0.717) is 10.8 Å². The van der Waals surface area contributed by atoms with E-state index in [1.54, 1.807) is 6.20 Å². The van der Waals surface area contributed by atoms with Gasteiger partial charge in [0, 0.05) is 22.3 Å². The van der Waals surface area contributed by atoms with Crippen LogP contribution < -0.4 is 11.1 Å². The highest BCUT2D eigenvalue weighted by Gasteiger charge is 2.06. The van der Waals surface area contributed by atoms with Crippen molar-refractivity contribution in [3.63, 3.8) is 0 Å². The van der Waals surface area contributed by atoms with E-state index in [4.69, 9.17) is 17.3 Å². The second-order valence-corrected chi connectivity index (χ2v) is 5.87. The molecular weight excluding hydrogens is 322 g/mol. The lowest BCUT2D eigenvalue weighted by molar-refractivity contribution is 1.13. The van der Waals surface area contributed by atoms with Gasteiger partial charge in [-0.15, -0.1) is 0 Å². The molecule has 0 aliphatic heterocycles. The molecular formula is C18H14ClN5. The van der Waals surface area contributed by atoms with E-state index in [-0.39, 0.29) is 0 Å². The average Bonchev–Trinajstić information content (AvgIpc) is 2.98. The van der Waals surface area contributed by atoms with Crippen molar-refractivity contribution >= 4 is 39.8 Å². The minimum absolute atomic E-state index is 0.500. The number of pyridine rings is 1. The van der Waals surface area contributed by atoms with Gasteiger partial charge in [0.25, 0.3) is 0 Å². The number of H-pyrrole nitrogens is 1. The maximum Gasteiger partial charge on any atom is 0.153 e. The minimum Gasteiger partial charge on any atom is -0.382 e. The van der Waals surface area contributed by atoms with Crippen LogP contribution in [0.4, 0.5) is 17.3 Å². The normalized spacial score (nSPS) is 10.9. The van der Waals surface area contributed by atoms with Crippen molar-refractivity contribution in [2.75, 3.05) is 11.1 Å². The summed E-state index contributed by atoms with van der Waals surface area (Å²) in [6.45, 7) is 0. The molecule has 2 aromatic heterocycles. The smallest absolute Gasteiger partial charge is 0.153 e. The average molecular weight is 336 g/mol. The second-order valence-electron chi connectivity index (χ2n) is 5.43. The summed E-state index contributed by atoms with van der Waals surface area (Å²) in [6, 6.07) is 17.5. The molecule has 0 fully saturated rings. The van der Waals surface area contributed by atoms with Gasteiger partial charge >= 0.3 is 0 Å². The first-order chi connectivity index (χ1) is 11.7. The van der Waals surface area contributed by atoms with Crippen LogP contribution in [0, 0.1) is 0 Å². The van der Waals surface area contributed by atoms with Gasteiger partial charge in [-0.25, -0.2) is 4.98 Å². The summed E-state index contributed by atoms with van der Waals surface area (Å²) in [7, 11) is 0. The Morgan fingerprint density at radius 3 is 2.58 bits per heavy atom. The first-order valence-electron chi connectivity index (χ1n) is 7.42. The number of anilines is 3. The van der Waals surface area contributed by atoms with E-state index in [1.807, 2.05) is 54.6 Å². The van der Waals surface area contributed by atoms with Crippen LogP contribution in [0.1, 0.15) is 0 Å². The monoisotopic (exact) mass is 335 g/mol. The summed E-state index contributed by atoms with van der Waals surface area (Å²) in [5.41, 5.74) is 9.84. The van der Waals surface area contributed by atoms with Crippen LogP contribution in [-0.4, -0.2) is 15.2 Å². The van der Waals surface area contributed by atoms with E-state index in [1.165, 1.54) is 0 Å². The van der Waals surface area contributed by atoms with Gasteiger partial charge in [0.15, 0.2) is 5.82 Å². The van der Waals surface area contributed by atoms with Crippen LogP contribution in [0.5, 0.6) is 0 Å². The molecule has 4 N–H and O–H groups in total. The first-order valence-corrected chi connectivity index (χ1v) is 7.79. The van der Waals surface area contributed by atoms with E-state index >= 15 is 0 Å². The van der Waals surface area contributed by atoms with Crippen LogP contribution >= 0.6 is 11.6 Å². The molecule has 0 radical (unpaired) electrons. The minimum atomic E-state index is 0.500. The Morgan fingerprint density at radius 1 is 0.958 bits per heavy atom. The molecule has 0 aliphatic rings. The third kappa shape index (κ3) is 2.77. The fraction of sp³-hybridized carbons (Fsp3) is 0. The van der Waals surface area contributed by atoms with Gasteiger partial charge in [-0.05, 0) is 59.7 Å². The van der Waals surface area contributed by atoms with Crippen molar-refractivity contribution in [2.45, 2.75) is 0 Å². The lowest BCUT2D eigenvalue weighted by atomic mass is 10.0. The maximum absolute atomic E-state index is 5.91.